The zero-order valence-corrected chi connectivity index (χ0v) is 14.2. The molecule has 0 saturated heterocycles. The molecule has 2 aromatic heterocycles. The smallest absolute Gasteiger partial charge is 0.256 e. The number of benzene rings is 2. The van der Waals surface area contributed by atoms with Crippen LogP contribution in [0.5, 0.6) is 0 Å². The monoisotopic (exact) mass is 355 g/mol. The molecule has 0 saturated carbocycles. The van der Waals surface area contributed by atoms with Crippen molar-refractivity contribution < 1.29 is 9.18 Å². The molecule has 130 valence electrons. The van der Waals surface area contributed by atoms with E-state index in [1.807, 2.05) is 59.1 Å². The second-order valence-electron chi connectivity index (χ2n) is 6.34. The van der Waals surface area contributed by atoms with Crippen LogP contribution in [0, 0.1) is 5.82 Å². The van der Waals surface area contributed by atoms with E-state index in [-0.39, 0.29) is 11.7 Å². The van der Waals surface area contributed by atoms with Crippen molar-refractivity contribution in [2.24, 2.45) is 0 Å². The third-order valence-electron chi connectivity index (χ3n) is 4.68. The predicted molar refractivity (Wildman–Crippen MR) is 104 cm³/mol. The molecule has 1 aliphatic heterocycles. The molecule has 2 aromatic carbocycles. The first-order valence-corrected chi connectivity index (χ1v) is 8.56. The van der Waals surface area contributed by atoms with Crippen molar-refractivity contribution >= 4 is 28.9 Å². The fraction of sp³-hybridized carbons (Fsp3) is 0. The van der Waals surface area contributed by atoms with Gasteiger partial charge in [-0.1, -0.05) is 24.3 Å². The fourth-order valence-electron chi connectivity index (χ4n) is 3.39. The Hall–Kier alpha value is -3.73. The lowest BCUT2D eigenvalue weighted by Crippen LogP contribution is -2.04. The first kappa shape index (κ1) is 15.5. The van der Waals surface area contributed by atoms with Crippen LogP contribution >= 0.6 is 0 Å². The van der Waals surface area contributed by atoms with E-state index in [1.54, 1.807) is 12.1 Å². The molecule has 0 spiro atoms. The molecular formula is C22H14FN3O. The maximum absolute atomic E-state index is 13.4. The number of pyridine rings is 1. The van der Waals surface area contributed by atoms with E-state index in [1.165, 1.54) is 12.1 Å². The first-order valence-electron chi connectivity index (χ1n) is 8.56. The number of para-hydroxylation sites is 1. The highest BCUT2D eigenvalue weighted by Crippen LogP contribution is 2.35. The number of halogens is 1. The van der Waals surface area contributed by atoms with Gasteiger partial charge in [0.25, 0.3) is 5.91 Å². The second-order valence-corrected chi connectivity index (χ2v) is 6.34. The van der Waals surface area contributed by atoms with E-state index in [2.05, 4.69) is 5.32 Å². The Labute approximate surface area is 154 Å². The SMILES string of the molecule is O=C1Nc2ccccc2/C1=C\c1c(-c2ccc(F)cc2)nc2ccccn12. The number of aromatic nitrogens is 2. The Morgan fingerprint density at radius 3 is 2.59 bits per heavy atom. The van der Waals surface area contributed by atoms with Gasteiger partial charge in [0.2, 0.25) is 0 Å². The topological polar surface area (TPSA) is 46.4 Å². The van der Waals surface area contributed by atoms with Gasteiger partial charge >= 0.3 is 0 Å². The van der Waals surface area contributed by atoms with E-state index < -0.39 is 0 Å². The van der Waals surface area contributed by atoms with E-state index in [4.69, 9.17) is 4.98 Å². The molecule has 1 amide bonds. The molecule has 4 aromatic rings. The van der Waals surface area contributed by atoms with Crippen LogP contribution in [0.4, 0.5) is 10.1 Å². The van der Waals surface area contributed by atoms with E-state index in [0.717, 1.165) is 28.2 Å². The standard InChI is InChI=1S/C22H14FN3O/c23-15-10-8-14(9-11-15)21-19(26-12-4-3-7-20(26)25-21)13-17-16-5-1-2-6-18(16)24-22(17)27/h1-13H,(H,24,27)/b17-13+. The van der Waals surface area contributed by atoms with E-state index in [0.29, 0.717) is 11.3 Å². The van der Waals surface area contributed by atoms with Crippen LogP contribution in [0.1, 0.15) is 11.3 Å². The number of nitrogens with zero attached hydrogens (tertiary/aromatic N) is 2. The summed E-state index contributed by atoms with van der Waals surface area (Å²) >= 11 is 0. The van der Waals surface area contributed by atoms with Crippen molar-refractivity contribution in [1.82, 2.24) is 9.38 Å². The van der Waals surface area contributed by atoms with Gasteiger partial charge < -0.3 is 5.32 Å². The Morgan fingerprint density at radius 1 is 0.963 bits per heavy atom. The third-order valence-corrected chi connectivity index (χ3v) is 4.68. The summed E-state index contributed by atoms with van der Waals surface area (Å²) in [5.41, 5.74) is 5.27. The van der Waals surface area contributed by atoms with Crippen LogP contribution in [0.2, 0.25) is 0 Å². The number of amides is 1. The summed E-state index contributed by atoms with van der Waals surface area (Å²) in [6, 6.07) is 19.5. The van der Waals surface area contributed by atoms with Crippen molar-refractivity contribution in [3.05, 3.63) is 90.0 Å². The number of rotatable bonds is 2. The van der Waals surface area contributed by atoms with Crippen molar-refractivity contribution in [2.75, 3.05) is 5.32 Å². The van der Waals surface area contributed by atoms with Crippen molar-refractivity contribution in [2.45, 2.75) is 0 Å². The second kappa shape index (κ2) is 5.92. The maximum atomic E-state index is 13.4. The molecule has 0 radical (unpaired) electrons. The third kappa shape index (κ3) is 2.52. The van der Waals surface area contributed by atoms with Crippen LogP contribution in [-0.4, -0.2) is 15.3 Å². The molecule has 3 heterocycles. The van der Waals surface area contributed by atoms with Gasteiger partial charge in [-0.2, -0.15) is 0 Å². The Kier molecular flexibility index (Phi) is 3.40. The normalized spacial score (nSPS) is 14.6. The maximum Gasteiger partial charge on any atom is 0.256 e. The van der Waals surface area contributed by atoms with E-state index in [9.17, 15) is 9.18 Å². The minimum atomic E-state index is -0.300. The molecule has 0 bridgehead atoms. The summed E-state index contributed by atoms with van der Waals surface area (Å²) in [5.74, 6) is -0.446. The van der Waals surface area contributed by atoms with Gasteiger partial charge in [-0.05, 0) is 48.5 Å². The van der Waals surface area contributed by atoms with E-state index >= 15 is 0 Å². The van der Waals surface area contributed by atoms with Crippen molar-refractivity contribution in [3.8, 4) is 11.3 Å². The number of hydrogen-bond acceptors (Lipinski definition) is 2. The molecule has 1 N–H and O–H groups in total. The minimum absolute atomic E-state index is 0.146. The average molecular weight is 355 g/mol. The Morgan fingerprint density at radius 2 is 1.74 bits per heavy atom. The molecule has 27 heavy (non-hydrogen) atoms. The lowest BCUT2D eigenvalue weighted by atomic mass is 10.0. The molecule has 5 heteroatoms. The van der Waals surface area contributed by atoms with Gasteiger partial charge in [0.05, 0.1) is 17.0 Å². The summed E-state index contributed by atoms with van der Waals surface area (Å²) in [6.07, 6.45) is 3.75. The van der Waals surface area contributed by atoms with Gasteiger partial charge in [-0.25, -0.2) is 9.37 Å². The molecule has 0 fully saturated rings. The highest BCUT2D eigenvalue weighted by Gasteiger charge is 2.25. The highest BCUT2D eigenvalue weighted by atomic mass is 19.1. The number of carbonyl (C=O) groups is 1. The molecule has 5 rings (SSSR count). The van der Waals surface area contributed by atoms with Gasteiger partial charge in [0.1, 0.15) is 11.5 Å². The number of nitrogens with one attached hydrogen (secondary N) is 1. The number of carbonyl (C=O) groups excluding carboxylic acids is 1. The molecule has 4 nitrogen and oxygen atoms in total. The summed E-state index contributed by atoms with van der Waals surface area (Å²) in [4.78, 5) is 17.2. The highest BCUT2D eigenvalue weighted by molar-refractivity contribution is 6.35. The Balaban J connectivity index is 1.77. The summed E-state index contributed by atoms with van der Waals surface area (Å²) in [6.45, 7) is 0. The van der Waals surface area contributed by atoms with Crippen LogP contribution in [0.15, 0.2) is 72.9 Å². The average Bonchev–Trinajstić information content (AvgIpc) is 3.21. The van der Waals surface area contributed by atoms with Crippen LogP contribution in [0.25, 0.3) is 28.6 Å². The lowest BCUT2D eigenvalue weighted by Gasteiger charge is -2.03. The Bertz CT molecular complexity index is 1220. The van der Waals surface area contributed by atoms with Gasteiger partial charge in [0, 0.05) is 23.0 Å². The number of imidazole rings is 1. The lowest BCUT2D eigenvalue weighted by molar-refractivity contribution is -0.110. The van der Waals surface area contributed by atoms with Crippen LogP contribution < -0.4 is 5.32 Å². The minimum Gasteiger partial charge on any atom is -0.321 e. The van der Waals surface area contributed by atoms with Gasteiger partial charge in [-0.15, -0.1) is 0 Å². The quantitative estimate of drug-likeness (QED) is 0.533. The summed E-state index contributed by atoms with van der Waals surface area (Å²) < 4.78 is 15.3. The van der Waals surface area contributed by atoms with Crippen molar-refractivity contribution in [3.63, 3.8) is 0 Å². The van der Waals surface area contributed by atoms with Gasteiger partial charge in [0.15, 0.2) is 0 Å². The van der Waals surface area contributed by atoms with Crippen molar-refractivity contribution in [1.29, 1.82) is 0 Å². The number of anilines is 1. The van der Waals surface area contributed by atoms with Crippen LogP contribution in [-0.2, 0) is 4.79 Å². The zero-order chi connectivity index (χ0) is 18.4. The summed E-state index contributed by atoms with van der Waals surface area (Å²) in [7, 11) is 0. The predicted octanol–water partition coefficient (Wildman–Crippen LogP) is 4.63. The summed E-state index contributed by atoms with van der Waals surface area (Å²) in [5, 5.41) is 2.89. The first-order chi connectivity index (χ1) is 13.2. The number of hydrogen-bond donors (Lipinski definition) is 1. The molecule has 0 unspecified atom stereocenters. The molecule has 1 aliphatic rings. The van der Waals surface area contributed by atoms with Gasteiger partial charge in [-0.3, -0.25) is 9.20 Å². The fourth-order valence-corrected chi connectivity index (χ4v) is 3.39. The number of fused-ring (bicyclic) bond motifs is 2. The largest absolute Gasteiger partial charge is 0.321 e. The molecule has 0 aliphatic carbocycles. The zero-order valence-electron chi connectivity index (χ0n) is 14.2. The van der Waals surface area contributed by atoms with Crippen LogP contribution in [0.3, 0.4) is 0 Å². The molecule has 0 atom stereocenters. The molecular weight excluding hydrogens is 341 g/mol.